The second kappa shape index (κ2) is 5.54. The predicted octanol–water partition coefficient (Wildman–Crippen LogP) is 2.88. The Balaban J connectivity index is 2.07. The molecule has 0 atom stereocenters. The van der Waals surface area contributed by atoms with Gasteiger partial charge in [0.15, 0.2) is 0 Å². The summed E-state index contributed by atoms with van der Waals surface area (Å²) in [4.78, 5) is 2.44. The van der Waals surface area contributed by atoms with Crippen molar-refractivity contribution in [2.45, 2.75) is 25.7 Å². The molecule has 3 nitrogen and oxygen atoms in total. The summed E-state index contributed by atoms with van der Waals surface area (Å²) in [5.74, 6) is 0. The minimum Gasteiger partial charge on any atom is -0.411 e. The lowest BCUT2D eigenvalue weighted by molar-refractivity contribution is 0.322. The lowest BCUT2D eigenvalue weighted by Gasteiger charge is -2.22. The quantitative estimate of drug-likeness (QED) is 0.470. The smallest absolute Gasteiger partial charge is 0.0733 e. The van der Waals surface area contributed by atoms with Crippen LogP contribution in [-0.4, -0.2) is 24.5 Å². The molecule has 1 aliphatic rings. The van der Waals surface area contributed by atoms with Crippen molar-refractivity contribution in [3.05, 3.63) is 29.8 Å². The van der Waals surface area contributed by atoms with Crippen LogP contribution in [0.15, 0.2) is 29.4 Å². The Bertz CT molecular complexity index is 337. The monoisotopic (exact) mass is 218 g/mol. The van der Waals surface area contributed by atoms with Crippen molar-refractivity contribution in [3.63, 3.8) is 0 Å². The van der Waals surface area contributed by atoms with Gasteiger partial charge in [-0.05, 0) is 30.5 Å². The number of hydrogen-bond donors (Lipinski definition) is 1. The van der Waals surface area contributed by atoms with E-state index < -0.39 is 0 Å². The van der Waals surface area contributed by atoms with Gasteiger partial charge >= 0.3 is 0 Å². The molecule has 3 heteroatoms. The molecule has 1 aliphatic heterocycles. The normalized spacial score (nSPS) is 17.6. The molecule has 0 unspecified atom stereocenters. The Labute approximate surface area is 96.4 Å². The first-order valence-corrected chi connectivity index (χ1v) is 5.92. The van der Waals surface area contributed by atoms with Crippen molar-refractivity contribution in [2.75, 3.05) is 18.0 Å². The summed E-state index contributed by atoms with van der Waals surface area (Å²) in [7, 11) is 0. The van der Waals surface area contributed by atoms with Gasteiger partial charge in [0.05, 0.1) is 6.21 Å². The molecule has 0 amide bonds. The molecule has 2 rings (SSSR count). The highest BCUT2D eigenvalue weighted by Gasteiger charge is 2.09. The van der Waals surface area contributed by atoms with Gasteiger partial charge in [0.1, 0.15) is 0 Å². The van der Waals surface area contributed by atoms with E-state index in [1.807, 2.05) is 12.1 Å². The number of nitrogens with zero attached hydrogens (tertiary/aromatic N) is 2. The van der Waals surface area contributed by atoms with Crippen molar-refractivity contribution < 1.29 is 5.21 Å². The number of hydrogen-bond acceptors (Lipinski definition) is 3. The van der Waals surface area contributed by atoms with Crippen LogP contribution in [0.4, 0.5) is 5.69 Å². The highest BCUT2D eigenvalue weighted by atomic mass is 16.4. The molecular weight excluding hydrogens is 200 g/mol. The third-order valence-electron chi connectivity index (χ3n) is 3.07. The van der Waals surface area contributed by atoms with Crippen LogP contribution in [0.3, 0.4) is 0 Å². The summed E-state index contributed by atoms with van der Waals surface area (Å²) in [6.45, 7) is 2.32. The summed E-state index contributed by atoms with van der Waals surface area (Å²) in [6, 6.07) is 8.17. The Morgan fingerprint density at radius 2 is 1.62 bits per heavy atom. The highest BCUT2D eigenvalue weighted by Crippen LogP contribution is 2.19. The molecule has 0 radical (unpaired) electrons. The molecule has 0 spiro atoms. The second-order valence-corrected chi connectivity index (χ2v) is 4.24. The van der Waals surface area contributed by atoms with E-state index in [9.17, 15) is 0 Å². The van der Waals surface area contributed by atoms with E-state index in [4.69, 9.17) is 5.21 Å². The molecule has 16 heavy (non-hydrogen) atoms. The minimum absolute atomic E-state index is 0.932. The first kappa shape index (κ1) is 11.0. The standard InChI is InChI=1S/C13H18N2O/c16-14-11-12-5-7-13(8-6-12)15-9-3-1-2-4-10-15/h5-8,11,16H,1-4,9-10H2/b14-11+. The highest BCUT2D eigenvalue weighted by molar-refractivity contribution is 5.79. The average molecular weight is 218 g/mol. The number of benzene rings is 1. The number of anilines is 1. The molecule has 1 aromatic rings. The zero-order chi connectivity index (χ0) is 11.2. The third kappa shape index (κ3) is 2.75. The molecule has 1 N–H and O–H groups in total. The van der Waals surface area contributed by atoms with E-state index in [2.05, 4.69) is 22.2 Å². The van der Waals surface area contributed by atoms with E-state index in [-0.39, 0.29) is 0 Å². The van der Waals surface area contributed by atoms with Crippen molar-refractivity contribution in [1.82, 2.24) is 0 Å². The van der Waals surface area contributed by atoms with Crippen LogP contribution in [0.1, 0.15) is 31.2 Å². The Hall–Kier alpha value is -1.51. The average Bonchev–Trinajstić information content (AvgIpc) is 2.59. The molecule has 1 fully saturated rings. The molecular formula is C13H18N2O. The van der Waals surface area contributed by atoms with Gasteiger partial charge in [0, 0.05) is 18.8 Å². The maximum Gasteiger partial charge on any atom is 0.0733 e. The Morgan fingerprint density at radius 1 is 1.00 bits per heavy atom. The fourth-order valence-corrected chi connectivity index (χ4v) is 2.17. The fraction of sp³-hybridized carbons (Fsp3) is 0.462. The lowest BCUT2D eigenvalue weighted by Crippen LogP contribution is -2.23. The number of rotatable bonds is 2. The van der Waals surface area contributed by atoms with Crippen molar-refractivity contribution >= 4 is 11.9 Å². The summed E-state index contributed by atoms with van der Waals surface area (Å²) < 4.78 is 0. The first-order chi connectivity index (χ1) is 7.90. The number of oxime groups is 1. The van der Waals surface area contributed by atoms with E-state index in [0.717, 1.165) is 18.7 Å². The van der Waals surface area contributed by atoms with Gasteiger partial charge in [-0.1, -0.05) is 30.1 Å². The predicted molar refractivity (Wildman–Crippen MR) is 66.5 cm³/mol. The fourth-order valence-electron chi connectivity index (χ4n) is 2.17. The summed E-state index contributed by atoms with van der Waals surface area (Å²) in [6.07, 6.45) is 6.74. The van der Waals surface area contributed by atoms with Gasteiger partial charge in [0.25, 0.3) is 0 Å². The van der Waals surface area contributed by atoms with Gasteiger partial charge in [-0.25, -0.2) is 0 Å². The SMILES string of the molecule is O/N=C/c1ccc(N2CCCCCC2)cc1. The maximum atomic E-state index is 8.43. The van der Waals surface area contributed by atoms with Crippen LogP contribution >= 0.6 is 0 Å². The van der Waals surface area contributed by atoms with Crippen LogP contribution in [0, 0.1) is 0 Å². The van der Waals surface area contributed by atoms with Gasteiger partial charge < -0.3 is 10.1 Å². The van der Waals surface area contributed by atoms with Gasteiger partial charge in [-0.3, -0.25) is 0 Å². The van der Waals surface area contributed by atoms with Gasteiger partial charge in [-0.15, -0.1) is 0 Å². The molecule has 0 bridgehead atoms. The van der Waals surface area contributed by atoms with E-state index >= 15 is 0 Å². The Kier molecular flexibility index (Phi) is 3.81. The topological polar surface area (TPSA) is 35.8 Å². The van der Waals surface area contributed by atoms with Crippen LogP contribution in [0.25, 0.3) is 0 Å². The van der Waals surface area contributed by atoms with Crippen molar-refractivity contribution in [2.24, 2.45) is 5.16 Å². The molecule has 0 saturated carbocycles. The summed E-state index contributed by atoms with van der Waals surface area (Å²) >= 11 is 0. The molecule has 1 aromatic carbocycles. The van der Waals surface area contributed by atoms with E-state index in [1.54, 1.807) is 0 Å². The lowest BCUT2D eigenvalue weighted by atomic mass is 10.2. The molecule has 0 aliphatic carbocycles. The van der Waals surface area contributed by atoms with Crippen molar-refractivity contribution in [1.29, 1.82) is 0 Å². The molecule has 0 aromatic heterocycles. The molecule has 1 saturated heterocycles. The second-order valence-electron chi connectivity index (χ2n) is 4.24. The summed E-state index contributed by atoms with van der Waals surface area (Å²) in [5.41, 5.74) is 2.21. The van der Waals surface area contributed by atoms with Crippen LogP contribution in [0.5, 0.6) is 0 Å². The van der Waals surface area contributed by atoms with E-state index in [0.29, 0.717) is 0 Å². The molecule has 86 valence electrons. The first-order valence-electron chi connectivity index (χ1n) is 5.92. The zero-order valence-corrected chi connectivity index (χ0v) is 9.47. The van der Waals surface area contributed by atoms with Gasteiger partial charge in [0.2, 0.25) is 0 Å². The molecule has 1 heterocycles. The Morgan fingerprint density at radius 3 is 2.19 bits per heavy atom. The third-order valence-corrected chi connectivity index (χ3v) is 3.07. The minimum atomic E-state index is 0.932. The van der Waals surface area contributed by atoms with E-state index in [1.165, 1.54) is 37.6 Å². The maximum absolute atomic E-state index is 8.43. The zero-order valence-electron chi connectivity index (χ0n) is 9.47. The largest absolute Gasteiger partial charge is 0.411 e. The van der Waals surface area contributed by atoms with Gasteiger partial charge in [-0.2, -0.15) is 0 Å². The van der Waals surface area contributed by atoms with Crippen LogP contribution in [0.2, 0.25) is 0 Å². The van der Waals surface area contributed by atoms with Crippen LogP contribution in [-0.2, 0) is 0 Å². The van der Waals surface area contributed by atoms with Crippen LogP contribution < -0.4 is 4.90 Å². The summed E-state index contributed by atoms with van der Waals surface area (Å²) in [5, 5.41) is 11.5. The van der Waals surface area contributed by atoms with Crippen molar-refractivity contribution in [3.8, 4) is 0 Å².